The number of aromatic nitrogens is 1. The average Bonchev–Trinajstić information content (AvgIpc) is 2.74. The van der Waals surface area contributed by atoms with E-state index in [1.807, 2.05) is 48.7 Å². The Labute approximate surface area is 160 Å². The van der Waals surface area contributed by atoms with Crippen molar-refractivity contribution in [2.24, 2.45) is 0 Å². The number of hydrogen-bond donors (Lipinski definition) is 2. The van der Waals surface area contributed by atoms with Crippen molar-refractivity contribution in [1.29, 1.82) is 0 Å². The lowest BCUT2D eigenvalue weighted by atomic mass is 10.1. The highest BCUT2D eigenvalue weighted by Gasteiger charge is 2.11. The van der Waals surface area contributed by atoms with Crippen molar-refractivity contribution in [3.05, 3.63) is 54.2 Å². The molecule has 1 aliphatic heterocycles. The van der Waals surface area contributed by atoms with Crippen LogP contribution in [0.5, 0.6) is 5.75 Å². The lowest BCUT2D eigenvalue weighted by molar-refractivity contribution is 0.238. The zero-order chi connectivity index (χ0) is 18.7. The summed E-state index contributed by atoms with van der Waals surface area (Å²) in [5, 5.41) is 5.71. The van der Waals surface area contributed by atoms with Crippen LogP contribution >= 0.6 is 0 Å². The number of rotatable bonds is 8. The second kappa shape index (κ2) is 10.4. The lowest BCUT2D eigenvalue weighted by Gasteiger charge is -2.27. The highest BCUT2D eigenvalue weighted by molar-refractivity contribution is 5.73. The summed E-state index contributed by atoms with van der Waals surface area (Å²) in [6.07, 6.45) is 6.39. The van der Waals surface area contributed by atoms with E-state index in [0.29, 0.717) is 19.7 Å². The van der Waals surface area contributed by atoms with Crippen molar-refractivity contribution >= 4 is 11.8 Å². The number of pyridine rings is 1. The van der Waals surface area contributed by atoms with Gasteiger partial charge in [-0.2, -0.15) is 0 Å². The largest absolute Gasteiger partial charge is 0.494 e. The minimum absolute atomic E-state index is 0.171. The van der Waals surface area contributed by atoms with Gasteiger partial charge >= 0.3 is 6.03 Å². The van der Waals surface area contributed by atoms with E-state index in [1.54, 1.807) is 0 Å². The first-order chi connectivity index (χ1) is 13.3. The minimum Gasteiger partial charge on any atom is -0.494 e. The Morgan fingerprint density at radius 2 is 1.85 bits per heavy atom. The van der Waals surface area contributed by atoms with Crippen LogP contribution in [0.15, 0.2) is 48.7 Å². The Balaban J connectivity index is 1.29. The number of hydrogen-bond acceptors (Lipinski definition) is 4. The molecule has 0 unspecified atom stereocenters. The van der Waals surface area contributed by atoms with Gasteiger partial charge in [0.2, 0.25) is 0 Å². The van der Waals surface area contributed by atoms with Gasteiger partial charge in [0.15, 0.2) is 0 Å². The number of urea groups is 1. The Hall–Kier alpha value is -2.76. The summed E-state index contributed by atoms with van der Waals surface area (Å²) in [5.74, 6) is 1.88. The maximum Gasteiger partial charge on any atom is 0.315 e. The Bertz CT molecular complexity index is 685. The number of benzene rings is 1. The first-order valence-electron chi connectivity index (χ1n) is 9.71. The summed E-state index contributed by atoms with van der Waals surface area (Å²) < 4.78 is 5.59. The van der Waals surface area contributed by atoms with E-state index >= 15 is 0 Å². The van der Waals surface area contributed by atoms with Gasteiger partial charge in [0.25, 0.3) is 0 Å². The molecule has 2 amide bonds. The number of ether oxygens (including phenoxy) is 1. The molecule has 2 heterocycles. The topological polar surface area (TPSA) is 66.5 Å². The third kappa shape index (κ3) is 6.47. The summed E-state index contributed by atoms with van der Waals surface area (Å²) in [7, 11) is 0. The molecule has 1 saturated heterocycles. The highest BCUT2D eigenvalue weighted by atomic mass is 16.5. The molecule has 1 fully saturated rings. The number of amides is 2. The number of nitrogens with one attached hydrogen (secondary N) is 2. The first-order valence-corrected chi connectivity index (χ1v) is 9.71. The predicted molar refractivity (Wildman–Crippen MR) is 107 cm³/mol. The van der Waals surface area contributed by atoms with Gasteiger partial charge in [-0.1, -0.05) is 24.3 Å². The SMILES string of the molecule is O=C(NCCCOc1ccccc1)NCc1ccc(N2CCCCC2)nc1. The van der Waals surface area contributed by atoms with Crippen LogP contribution in [0.3, 0.4) is 0 Å². The van der Waals surface area contributed by atoms with Gasteiger partial charge in [0, 0.05) is 32.4 Å². The van der Waals surface area contributed by atoms with Crippen molar-refractivity contribution in [3.63, 3.8) is 0 Å². The molecule has 6 nitrogen and oxygen atoms in total. The lowest BCUT2D eigenvalue weighted by Crippen LogP contribution is -2.36. The third-order valence-corrected chi connectivity index (χ3v) is 4.56. The summed E-state index contributed by atoms with van der Waals surface area (Å²) in [5.41, 5.74) is 0.998. The molecule has 0 atom stereocenters. The number of anilines is 1. The van der Waals surface area contributed by atoms with E-state index in [-0.39, 0.29) is 6.03 Å². The molecular weight excluding hydrogens is 340 g/mol. The van der Waals surface area contributed by atoms with E-state index in [9.17, 15) is 4.79 Å². The van der Waals surface area contributed by atoms with Crippen LogP contribution in [0.1, 0.15) is 31.2 Å². The van der Waals surface area contributed by atoms with E-state index in [1.165, 1.54) is 19.3 Å². The summed E-state index contributed by atoms with van der Waals surface area (Å²) >= 11 is 0. The van der Waals surface area contributed by atoms with Crippen molar-refractivity contribution in [1.82, 2.24) is 15.6 Å². The standard InChI is InChI=1S/C21H28N4O2/c26-21(22-12-7-15-27-19-8-3-1-4-9-19)24-17-18-10-11-20(23-16-18)25-13-5-2-6-14-25/h1,3-4,8-11,16H,2,5-7,12-15,17H2,(H2,22,24,26). The number of nitrogens with zero attached hydrogens (tertiary/aromatic N) is 2. The van der Waals surface area contributed by atoms with Crippen LogP contribution in [-0.4, -0.2) is 37.3 Å². The van der Waals surface area contributed by atoms with Crippen molar-refractivity contribution < 1.29 is 9.53 Å². The molecule has 27 heavy (non-hydrogen) atoms. The molecule has 2 N–H and O–H groups in total. The van der Waals surface area contributed by atoms with Crippen LogP contribution in [0, 0.1) is 0 Å². The van der Waals surface area contributed by atoms with Crippen molar-refractivity contribution in [2.45, 2.75) is 32.2 Å². The Kier molecular flexibility index (Phi) is 7.33. The van der Waals surface area contributed by atoms with E-state index in [0.717, 1.165) is 36.6 Å². The van der Waals surface area contributed by atoms with Gasteiger partial charge < -0.3 is 20.3 Å². The van der Waals surface area contributed by atoms with Crippen LogP contribution in [0.2, 0.25) is 0 Å². The maximum absolute atomic E-state index is 11.9. The van der Waals surface area contributed by atoms with Gasteiger partial charge in [-0.25, -0.2) is 9.78 Å². The highest BCUT2D eigenvalue weighted by Crippen LogP contribution is 2.17. The summed E-state index contributed by atoms with van der Waals surface area (Å²) in [6.45, 7) is 3.79. The predicted octanol–water partition coefficient (Wildman–Crippen LogP) is 3.34. The van der Waals surface area contributed by atoms with E-state index < -0.39 is 0 Å². The molecule has 0 radical (unpaired) electrons. The van der Waals surface area contributed by atoms with Gasteiger partial charge in [0.05, 0.1) is 6.61 Å². The molecule has 6 heteroatoms. The summed E-state index contributed by atoms with van der Waals surface area (Å²) in [6, 6.07) is 13.6. The normalized spacial score (nSPS) is 13.9. The van der Waals surface area contributed by atoms with Gasteiger partial charge in [-0.3, -0.25) is 0 Å². The molecule has 0 saturated carbocycles. The monoisotopic (exact) mass is 368 g/mol. The van der Waals surface area contributed by atoms with Crippen LogP contribution in [0.25, 0.3) is 0 Å². The number of piperidine rings is 1. The van der Waals surface area contributed by atoms with Crippen molar-refractivity contribution in [2.75, 3.05) is 31.1 Å². The fourth-order valence-corrected chi connectivity index (χ4v) is 3.06. The molecule has 0 spiro atoms. The van der Waals surface area contributed by atoms with Crippen molar-refractivity contribution in [3.8, 4) is 5.75 Å². The molecule has 1 aliphatic rings. The van der Waals surface area contributed by atoms with E-state index in [2.05, 4.69) is 20.5 Å². The van der Waals surface area contributed by atoms with Gasteiger partial charge in [-0.05, 0) is 49.4 Å². The summed E-state index contributed by atoms with van der Waals surface area (Å²) in [4.78, 5) is 18.7. The Morgan fingerprint density at radius 3 is 2.59 bits per heavy atom. The zero-order valence-corrected chi connectivity index (χ0v) is 15.7. The molecule has 2 aromatic rings. The van der Waals surface area contributed by atoms with Crippen LogP contribution in [-0.2, 0) is 6.54 Å². The van der Waals surface area contributed by atoms with Gasteiger partial charge in [-0.15, -0.1) is 0 Å². The molecule has 0 aliphatic carbocycles. The number of carbonyl (C=O) groups is 1. The van der Waals surface area contributed by atoms with E-state index in [4.69, 9.17) is 4.74 Å². The quantitative estimate of drug-likeness (QED) is 0.702. The fourth-order valence-electron chi connectivity index (χ4n) is 3.06. The zero-order valence-electron chi connectivity index (χ0n) is 15.7. The Morgan fingerprint density at radius 1 is 1.04 bits per heavy atom. The average molecular weight is 368 g/mol. The second-order valence-electron chi connectivity index (χ2n) is 6.70. The first kappa shape index (κ1) is 19.0. The minimum atomic E-state index is -0.171. The molecule has 0 bridgehead atoms. The third-order valence-electron chi connectivity index (χ3n) is 4.56. The van der Waals surface area contributed by atoms with Crippen LogP contribution < -0.4 is 20.3 Å². The smallest absolute Gasteiger partial charge is 0.315 e. The van der Waals surface area contributed by atoms with Gasteiger partial charge in [0.1, 0.15) is 11.6 Å². The fraction of sp³-hybridized carbons (Fsp3) is 0.429. The molecule has 3 rings (SSSR count). The maximum atomic E-state index is 11.9. The second-order valence-corrected chi connectivity index (χ2v) is 6.70. The molecular formula is C21H28N4O2. The number of carbonyl (C=O) groups excluding carboxylic acids is 1. The molecule has 144 valence electrons. The molecule has 1 aromatic heterocycles. The number of para-hydroxylation sites is 1. The molecule has 1 aromatic carbocycles. The van der Waals surface area contributed by atoms with Crippen LogP contribution in [0.4, 0.5) is 10.6 Å².